The van der Waals surface area contributed by atoms with E-state index in [4.69, 9.17) is 4.74 Å². The molecular weight excluding hydrogens is 420 g/mol. The van der Waals surface area contributed by atoms with Gasteiger partial charge < -0.3 is 9.84 Å². The number of phenolic OH excluding ortho intramolecular Hbond substituents is 1. The van der Waals surface area contributed by atoms with Crippen molar-refractivity contribution in [3.63, 3.8) is 0 Å². The molecule has 0 radical (unpaired) electrons. The fraction of sp³-hybridized carbons (Fsp3) is 0.0714. The number of benzene rings is 2. The van der Waals surface area contributed by atoms with Crippen LogP contribution in [0.4, 0.5) is 11.4 Å². The van der Waals surface area contributed by atoms with Crippen molar-refractivity contribution in [1.82, 2.24) is 0 Å². The standard InChI is InChI=1S/C14H10Br2N2O4/c1-22-13-3-2-10(6-11(13)16)17-7-8-4-9(15)5-12(14(8)19)18(20)21/h2-7,19H,1H3. The van der Waals surface area contributed by atoms with Gasteiger partial charge in [-0.1, -0.05) is 15.9 Å². The van der Waals surface area contributed by atoms with Gasteiger partial charge in [0.15, 0.2) is 0 Å². The van der Waals surface area contributed by atoms with Crippen LogP contribution in [0.25, 0.3) is 0 Å². The average Bonchev–Trinajstić information content (AvgIpc) is 2.47. The molecule has 0 fully saturated rings. The monoisotopic (exact) mass is 428 g/mol. The number of hydrogen-bond donors (Lipinski definition) is 1. The third kappa shape index (κ3) is 3.63. The van der Waals surface area contributed by atoms with Crippen LogP contribution < -0.4 is 4.74 Å². The first kappa shape index (κ1) is 16.4. The van der Waals surface area contributed by atoms with Crippen molar-refractivity contribution in [3.8, 4) is 11.5 Å². The second kappa shape index (κ2) is 6.89. The van der Waals surface area contributed by atoms with Crippen LogP contribution in [-0.2, 0) is 0 Å². The highest BCUT2D eigenvalue weighted by Gasteiger charge is 2.17. The summed E-state index contributed by atoms with van der Waals surface area (Å²) in [7, 11) is 1.56. The molecule has 6 nitrogen and oxygen atoms in total. The third-order valence-electron chi connectivity index (χ3n) is 2.77. The summed E-state index contributed by atoms with van der Waals surface area (Å²) in [6.07, 6.45) is 1.36. The molecule has 2 aromatic carbocycles. The number of aromatic hydroxyl groups is 1. The summed E-state index contributed by atoms with van der Waals surface area (Å²) >= 11 is 6.52. The third-order valence-corrected chi connectivity index (χ3v) is 3.85. The van der Waals surface area contributed by atoms with E-state index in [1.54, 1.807) is 31.4 Å². The highest BCUT2D eigenvalue weighted by Crippen LogP contribution is 2.33. The number of rotatable bonds is 4. The lowest BCUT2D eigenvalue weighted by molar-refractivity contribution is -0.385. The lowest BCUT2D eigenvalue weighted by Crippen LogP contribution is -1.92. The number of phenols is 1. The Labute approximate surface area is 142 Å². The fourth-order valence-electron chi connectivity index (χ4n) is 1.72. The number of halogens is 2. The topological polar surface area (TPSA) is 85.0 Å². The lowest BCUT2D eigenvalue weighted by atomic mass is 10.2. The van der Waals surface area contributed by atoms with Crippen molar-refractivity contribution in [1.29, 1.82) is 0 Å². The van der Waals surface area contributed by atoms with E-state index in [-0.39, 0.29) is 11.3 Å². The normalized spacial score (nSPS) is 10.9. The number of hydrogen-bond acceptors (Lipinski definition) is 5. The van der Waals surface area contributed by atoms with Gasteiger partial charge >= 0.3 is 5.69 Å². The smallest absolute Gasteiger partial charge is 0.312 e. The van der Waals surface area contributed by atoms with Crippen molar-refractivity contribution < 1.29 is 14.8 Å². The second-order valence-corrected chi connectivity index (χ2v) is 5.97. The van der Waals surface area contributed by atoms with Crippen LogP contribution >= 0.6 is 31.9 Å². The minimum atomic E-state index is -0.651. The molecule has 2 aromatic rings. The molecule has 0 atom stereocenters. The molecular formula is C14H10Br2N2O4. The van der Waals surface area contributed by atoms with E-state index in [1.165, 1.54) is 12.3 Å². The number of ether oxygens (including phenoxy) is 1. The summed E-state index contributed by atoms with van der Waals surface area (Å²) in [4.78, 5) is 14.4. The summed E-state index contributed by atoms with van der Waals surface area (Å²) in [6.45, 7) is 0. The Morgan fingerprint density at radius 3 is 2.64 bits per heavy atom. The Bertz CT molecular complexity index is 763. The highest BCUT2D eigenvalue weighted by molar-refractivity contribution is 9.10. The van der Waals surface area contributed by atoms with Gasteiger partial charge in [-0.2, -0.15) is 0 Å². The van der Waals surface area contributed by atoms with Crippen LogP contribution in [-0.4, -0.2) is 23.4 Å². The van der Waals surface area contributed by atoms with Crippen molar-refractivity contribution in [2.75, 3.05) is 7.11 Å². The van der Waals surface area contributed by atoms with E-state index >= 15 is 0 Å². The number of nitro groups is 1. The van der Waals surface area contributed by atoms with Crippen LogP contribution in [0.1, 0.15) is 5.56 Å². The molecule has 0 aliphatic rings. The zero-order valence-electron chi connectivity index (χ0n) is 11.3. The highest BCUT2D eigenvalue weighted by atomic mass is 79.9. The molecule has 2 rings (SSSR count). The molecule has 8 heteroatoms. The first-order valence-electron chi connectivity index (χ1n) is 5.97. The van der Waals surface area contributed by atoms with Gasteiger partial charge in [0.2, 0.25) is 5.75 Å². The van der Waals surface area contributed by atoms with Crippen molar-refractivity contribution in [3.05, 3.63) is 55.0 Å². The maximum atomic E-state index is 10.9. The average molecular weight is 430 g/mol. The molecule has 0 unspecified atom stereocenters. The van der Waals surface area contributed by atoms with E-state index in [0.717, 1.165) is 4.47 Å². The van der Waals surface area contributed by atoms with Gasteiger partial charge in [0.05, 0.1) is 22.2 Å². The molecule has 114 valence electrons. The quantitative estimate of drug-likeness (QED) is 0.437. The summed E-state index contributed by atoms with van der Waals surface area (Å²) in [5, 5.41) is 20.8. The first-order valence-corrected chi connectivity index (χ1v) is 7.55. The zero-order chi connectivity index (χ0) is 16.3. The largest absolute Gasteiger partial charge is 0.502 e. The molecule has 0 aliphatic heterocycles. The molecule has 0 aliphatic carbocycles. The summed E-state index contributed by atoms with van der Waals surface area (Å²) in [6, 6.07) is 7.98. The van der Waals surface area contributed by atoms with Crippen molar-refractivity contribution in [2.45, 2.75) is 0 Å². The van der Waals surface area contributed by atoms with Gasteiger partial charge in [0, 0.05) is 22.3 Å². The Balaban J connectivity index is 2.38. The Kier molecular flexibility index (Phi) is 5.15. The lowest BCUT2D eigenvalue weighted by Gasteiger charge is -2.04. The first-order chi connectivity index (χ1) is 10.4. The molecule has 22 heavy (non-hydrogen) atoms. The summed E-state index contributed by atoms with van der Waals surface area (Å²) < 4.78 is 6.33. The minimum absolute atomic E-state index is 0.244. The van der Waals surface area contributed by atoms with Crippen LogP contribution in [0.5, 0.6) is 11.5 Å². The predicted octanol–water partition coefficient (Wildman–Crippen LogP) is 4.58. The maximum Gasteiger partial charge on any atom is 0.312 e. The molecule has 0 heterocycles. The maximum absolute atomic E-state index is 10.9. The summed E-state index contributed by atoms with van der Waals surface area (Å²) in [5.41, 5.74) is 0.467. The van der Waals surface area contributed by atoms with Gasteiger partial charge in [-0.15, -0.1) is 0 Å². The molecule has 0 saturated heterocycles. The Hall–Kier alpha value is -1.93. The number of nitrogens with zero attached hydrogens (tertiary/aromatic N) is 2. The Morgan fingerprint density at radius 2 is 2.05 bits per heavy atom. The van der Waals surface area contributed by atoms with Gasteiger partial charge in [0.1, 0.15) is 5.75 Å². The van der Waals surface area contributed by atoms with Crippen molar-refractivity contribution in [2.24, 2.45) is 4.99 Å². The van der Waals surface area contributed by atoms with Gasteiger partial charge in [-0.3, -0.25) is 15.1 Å². The van der Waals surface area contributed by atoms with Gasteiger partial charge in [0.25, 0.3) is 0 Å². The fourth-order valence-corrected chi connectivity index (χ4v) is 2.71. The van der Waals surface area contributed by atoms with Gasteiger partial charge in [-0.25, -0.2) is 0 Å². The van der Waals surface area contributed by atoms with E-state index < -0.39 is 10.7 Å². The molecule has 0 bridgehead atoms. The SMILES string of the molecule is COc1ccc(N=Cc2cc(Br)cc([N+](=O)[O-])c2O)cc1Br. The molecule has 0 spiro atoms. The van der Waals surface area contributed by atoms with Crippen LogP contribution in [0.3, 0.4) is 0 Å². The molecule has 0 aromatic heterocycles. The van der Waals surface area contributed by atoms with E-state index in [0.29, 0.717) is 15.9 Å². The molecule has 0 saturated carbocycles. The molecule has 1 N–H and O–H groups in total. The van der Waals surface area contributed by atoms with E-state index in [9.17, 15) is 15.2 Å². The van der Waals surface area contributed by atoms with E-state index in [1.807, 2.05) is 0 Å². The Morgan fingerprint density at radius 1 is 1.32 bits per heavy atom. The van der Waals surface area contributed by atoms with Crippen molar-refractivity contribution >= 4 is 49.4 Å². The van der Waals surface area contributed by atoms with Crippen LogP contribution in [0.2, 0.25) is 0 Å². The minimum Gasteiger partial charge on any atom is -0.502 e. The van der Waals surface area contributed by atoms with E-state index in [2.05, 4.69) is 36.9 Å². The number of nitro benzene ring substituents is 1. The number of methoxy groups -OCH3 is 1. The summed E-state index contributed by atoms with van der Waals surface area (Å²) in [5.74, 6) is 0.240. The number of aliphatic imine (C=N–C) groups is 1. The van der Waals surface area contributed by atoms with Gasteiger partial charge in [-0.05, 0) is 40.2 Å². The second-order valence-electron chi connectivity index (χ2n) is 4.20. The zero-order valence-corrected chi connectivity index (χ0v) is 14.5. The van der Waals surface area contributed by atoms with Crippen LogP contribution in [0.15, 0.2) is 44.3 Å². The van der Waals surface area contributed by atoms with Crippen LogP contribution in [0, 0.1) is 10.1 Å². The molecule has 0 amide bonds. The predicted molar refractivity (Wildman–Crippen MR) is 90.4 cm³/mol.